The molecule has 0 fully saturated rings. The number of ether oxygens (including phenoxy) is 1. The Hall–Kier alpha value is -1.96. The Labute approximate surface area is 85.0 Å². The molecule has 0 spiro atoms. The van der Waals surface area contributed by atoms with Crippen LogP contribution in [0.25, 0.3) is 0 Å². The molecule has 8 nitrogen and oxygen atoms in total. The first-order valence-corrected chi connectivity index (χ1v) is 4.09. The molecule has 1 aliphatic heterocycles. The van der Waals surface area contributed by atoms with E-state index in [1.54, 1.807) is 0 Å². The van der Waals surface area contributed by atoms with Crippen molar-refractivity contribution >= 4 is 23.7 Å². The van der Waals surface area contributed by atoms with E-state index in [9.17, 15) is 14.4 Å². The molecule has 0 radical (unpaired) electrons. The number of aliphatic imine (C=N–C) groups is 1. The van der Waals surface area contributed by atoms with E-state index in [1.807, 2.05) is 5.32 Å². The largest absolute Gasteiger partial charge is 0.452 e. The van der Waals surface area contributed by atoms with E-state index in [0.29, 0.717) is 5.71 Å². The van der Waals surface area contributed by atoms with Crippen molar-refractivity contribution in [2.45, 2.75) is 6.42 Å². The monoisotopic (exact) mass is 214 g/mol. The van der Waals surface area contributed by atoms with Crippen LogP contribution in [-0.4, -0.2) is 37.4 Å². The zero-order valence-corrected chi connectivity index (χ0v) is 7.99. The summed E-state index contributed by atoms with van der Waals surface area (Å²) in [5, 5.41) is 2.01. The van der Waals surface area contributed by atoms with Gasteiger partial charge in [-0.25, -0.2) is 20.0 Å². The summed E-state index contributed by atoms with van der Waals surface area (Å²) >= 11 is 0. The second-order valence-corrected chi connectivity index (χ2v) is 2.68. The van der Waals surface area contributed by atoms with Gasteiger partial charge >= 0.3 is 12.1 Å². The third-order valence-electron chi connectivity index (χ3n) is 1.54. The minimum atomic E-state index is -0.693. The highest BCUT2D eigenvalue weighted by atomic mass is 16.5. The number of urea groups is 1. The minimum absolute atomic E-state index is 0.0294. The van der Waals surface area contributed by atoms with Gasteiger partial charge in [0.25, 0.3) is 0 Å². The molecule has 1 rings (SSSR count). The molecule has 8 heteroatoms. The number of hydrogen-bond donors (Lipinski definition) is 3. The van der Waals surface area contributed by atoms with Crippen molar-refractivity contribution in [3.63, 3.8) is 0 Å². The Morgan fingerprint density at radius 1 is 1.60 bits per heavy atom. The lowest BCUT2D eigenvalue weighted by Crippen LogP contribution is -2.44. The number of hydrogen-bond acceptors (Lipinski definition) is 5. The van der Waals surface area contributed by atoms with Gasteiger partial charge in [-0.2, -0.15) is 0 Å². The van der Waals surface area contributed by atoms with Crippen LogP contribution in [-0.2, 0) is 9.53 Å². The number of hydrazine groups is 1. The van der Waals surface area contributed by atoms with E-state index in [-0.39, 0.29) is 13.0 Å². The molecule has 0 aromatic carbocycles. The first kappa shape index (κ1) is 11.1. The van der Waals surface area contributed by atoms with E-state index in [1.165, 1.54) is 7.11 Å². The Morgan fingerprint density at radius 2 is 2.33 bits per heavy atom. The van der Waals surface area contributed by atoms with Gasteiger partial charge in [0, 0.05) is 5.71 Å². The molecule has 4 amide bonds. The van der Waals surface area contributed by atoms with Crippen LogP contribution in [0.1, 0.15) is 6.42 Å². The second kappa shape index (κ2) is 5.05. The van der Waals surface area contributed by atoms with Crippen LogP contribution in [0.5, 0.6) is 0 Å². The zero-order valence-electron chi connectivity index (χ0n) is 7.99. The van der Waals surface area contributed by atoms with E-state index in [2.05, 4.69) is 20.6 Å². The number of amides is 4. The van der Waals surface area contributed by atoms with Gasteiger partial charge in [-0.05, 0) is 0 Å². The number of carbonyl (C=O) groups excluding carboxylic acids is 3. The molecule has 0 unspecified atom stereocenters. The average molecular weight is 214 g/mol. The predicted molar refractivity (Wildman–Crippen MR) is 49.1 cm³/mol. The zero-order chi connectivity index (χ0) is 11.3. The smallest absolute Gasteiger partial charge is 0.421 e. The summed E-state index contributed by atoms with van der Waals surface area (Å²) in [5.41, 5.74) is 4.98. The third-order valence-corrected chi connectivity index (χ3v) is 1.54. The lowest BCUT2D eigenvalue weighted by molar-refractivity contribution is -0.118. The van der Waals surface area contributed by atoms with Crippen molar-refractivity contribution in [1.29, 1.82) is 0 Å². The Morgan fingerprint density at radius 3 is 2.93 bits per heavy atom. The van der Waals surface area contributed by atoms with Gasteiger partial charge in [0.1, 0.15) is 0 Å². The van der Waals surface area contributed by atoms with Gasteiger partial charge in [0.15, 0.2) is 0 Å². The van der Waals surface area contributed by atoms with E-state index in [0.717, 1.165) is 0 Å². The lowest BCUT2D eigenvalue weighted by atomic mass is 10.2. The van der Waals surface area contributed by atoms with Crippen molar-refractivity contribution in [3.05, 3.63) is 0 Å². The van der Waals surface area contributed by atoms with E-state index in [4.69, 9.17) is 0 Å². The molecule has 1 aliphatic rings. The molecule has 0 aromatic rings. The minimum Gasteiger partial charge on any atom is -0.452 e. The van der Waals surface area contributed by atoms with Gasteiger partial charge in [0.05, 0.1) is 20.1 Å². The number of nitrogens with one attached hydrogen (secondary N) is 3. The summed E-state index contributed by atoms with van der Waals surface area (Å²) in [7, 11) is 1.21. The summed E-state index contributed by atoms with van der Waals surface area (Å²) in [4.78, 5) is 35.8. The molecule has 0 atom stereocenters. The van der Waals surface area contributed by atoms with Crippen molar-refractivity contribution in [2.75, 3.05) is 13.7 Å². The first-order valence-electron chi connectivity index (χ1n) is 4.09. The van der Waals surface area contributed by atoms with Crippen LogP contribution < -0.4 is 16.2 Å². The van der Waals surface area contributed by atoms with Crippen LogP contribution >= 0.6 is 0 Å². The van der Waals surface area contributed by atoms with Gasteiger partial charge in [-0.1, -0.05) is 0 Å². The molecule has 0 saturated heterocycles. The molecule has 0 saturated carbocycles. The number of nitrogens with zero attached hydrogens (tertiary/aromatic N) is 1. The number of imide groups is 1. The SMILES string of the molecule is COC(=O)NNCC1=NC(=O)NC(=O)C1. The molecule has 0 aromatic heterocycles. The summed E-state index contributed by atoms with van der Waals surface area (Å²) in [6, 6.07) is -0.693. The Balaban J connectivity index is 2.35. The molecule has 1 heterocycles. The number of carbonyl (C=O) groups is 3. The molecular formula is C7H10N4O4. The van der Waals surface area contributed by atoms with E-state index >= 15 is 0 Å². The fraction of sp³-hybridized carbons (Fsp3) is 0.429. The Bertz CT molecular complexity index is 325. The maximum atomic E-state index is 10.9. The standard InChI is InChI=1S/C7H10N4O4/c1-15-7(14)11-8-3-4-2-5(12)10-6(13)9-4/h8H,2-3H2,1H3,(H,11,14)(H,10,12,13). The number of rotatable bonds is 3. The highest BCUT2D eigenvalue weighted by Crippen LogP contribution is 1.94. The van der Waals surface area contributed by atoms with Crippen LogP contribution in [0.4, 0.5) is 9.59 Å². The third kappa shape index (κ3) is 3.73. The normalized spacial score (nSPS) is 15.4. The van der Waals surface area contributed by atoms with Gasteiger partial charge < -0.3 is 4.74 Å². The molecule has 0 aliphatic carbocycles. The molecule has 3 N–H and O–H groups in total. The van der Waals surface area contributed by atoms with Crippen molar-refractivity contribution in [2.24, 2.45) is 4.99 Å². The Kier molecular flexibility index (Phi) is 3.75. The summed E-state index contributed by atoms with van der Waals surface area (Å²) in [6.45, 7) is 0.105. The average Bonchev–Trinajstić information content (AvgIpc) is 2.16. The highest BCUT2D eigenvalue weighted by molar-refractivity contribution is 6.14. The maximum absolute atomic E-state index is 10.9. The van der Waals surface area contributed by atoms with Crippen LogP contribution in [0.3, 0.4) is 0 Å². The van der Waals surface area contributed by atoms with Crippen LogP contribution in [0.2, 0.25) is 0 Å². The van der Waals surface area contributed by atoms with Gasteiger partial charge in [0.2, 0.25) is 5.91 Å². The molecule has 82 valence electrons. The topological polar surface area (TPSA) is 109 Å². The fourth-order valence-electron chi connectivity index (χ4n) is 0.931. The highest BCUT2D eigenvalue weighted by Gasteiger charge is 2.17. The van der Waals surface area contributed by atoms with Crippen molar-refractivity contribution in [3.8, 4) is 0 Å². The van der Waals surface area contributed by atoms with Crippen molar-refractivity contribution < 1.29 is 19.1 Å². The summed E-state index contributed by atoms with van der Waals surface area (Å²) in [6.07, 6.45) is -0.635. The van der Waals surface area contributed by atoms with Gasteiger partial charge in [-0.3, -0.25) is 15.5 Å². The van der Waals surface area contributed by atoms with Crippen LogP contribution in [0.15, 0.2) is 4.99 Å². The summed E-state index contributed by atoms with van der Waals surface area (Å²) < 4.78 is 4.28. The van der Waals surface area contributed by atoms with Crippen molar-refractivity contribution in [1.82, 2.24) is 16.2 Å². The second-order valence-electron chi connectivity index (χ2n) is 2.68. The first-order chi connectivity index (χ1) is 7.11. The van der Waals surface area contributed by atoms with Gasteiger partial charge in [-0.15, -0.1) is 0 Å². The fourth-order valence-corrected chi connectivity index (χ4v) is 0.931. The lowest BCUT2D eigenvalue weighted by Gasteiger charge is -2.11. The molecular weight excluding hydrogens is 204 g/mol. The number of methoxy groups -OCH3 is 1. The maximum Gasteiger partial charge on any atom is 0.421 e. The molecule has 0 bridgehead atoms. The predicted octanol–water partition coefficient (Wildman–Crippen LogP) is -1.07. The van der Waals surface area contributed by atoms with E-state index < -0.39 is 18.0 Å². The molecule has 15 heavy (non-hydrogen) atoms. The quantitative estimate of drug-likeness (QED) is 0.518. The van der Waals surface area contributed by atoms with Crippen LogP contribution in [0, 0.1) is 0 Å². The summed E-state index contributed by atoms with van der Waals surface area (Å²) in [5.74, 6) is -0.412.